The molecule has 2 aromatic rings. The van der Waals surface area contributed by atoms with Crippen molar-refractivity contribution in [1.82, 2.24) is 9.88 Å². The molecule has 0 saturated heterocycles. The Morgan fingerprint density at radius 1 is 1.12 bits per heavy atom. The molecular weight excluding hydrogens is 412 g/mol. The first kappa shape index (κ1) is 25.0. The fraction of sp³-hybridized carbons (Fsp3) is 0.458. The Labute approximate surface area is 187 Å². The van der Waals surface area contributed by atoms with Crippen molar-refractivity contribution < 1.29 is 23.8 Å². The monoisotopic (exact) mass is 442 g/mol. The highest BCUT2D eigenvalue weighted by Gasteiger charge is 2.16. The number of carbonyl (C=O) groups is 2. The smallest absolute Gasteiger partial charge is 0.407 e. The molecule has 0 aliphatic carbocycles. The lowest BCUT2D eigenvalue weighted by Gasteiger charge is -2.11. The molecule has 8 heteroatoms. The third kappa shape index (κ3) is 7.13. The summed E-state index contributed by atoms with van der Waals surface area (Å²) < 4.78 is 17.2. The number of pyridine rings is 1. The van der Waals surface area contributed by atoms with Gasteiger partial charge in [0.25, 0.3) is 0 Å². The number of aryl methyl sites for hydroxylation is 1. The van der Waals surface area contributed by atoms with Gasteiger partial charge in [0.1, 0.15) is 12.2 Å². The van der Waals surface area contributed by atoms with Gasteiger partial charge in [-0.1, -0.05) is 25.2 Å². The predicted molar refractivity (Wildman–Crippen MR) is 122 cm³/mol. The van der Waals surface area contributed by atoms with Gasteiger partial charge in [0.15, 0.2) is 0 Å². The summed E-state index contributed by atoms with van der Waals surface area (Å²) in [7, 11) is 0. The SMILES string of the molecule is CCCCOC(=O)NCCOCC#Cc1ccc2c(c1)c(=O)c(C(=O)OCC)cn2CC. The Kier molecular flexibility index (Phi) is 10.3. The Morgan fingerprint density at radius 3 is 2.66 bits per heavy atom. The quantitative estimate of drug-likeness (QED) is 0.345. The second-order valence-corrected chi connectivity index (χ2v) is 6.88. The molecular formula is C24H30N2O6. The van der Waals surface area contributed by atoms with Crippen LogP contribution in [-0.4, -0.2) is 49.6 Å². The summed E-state index contributed by atoms with van der Waals surface area (Å²) in [5.41, 5.74) is 0.999. The van der Waals surface area contributed by atoms with E-state index in [1.807, 2.05) is 30.5 Å². The molecule has 0 atom stereocenters. The molecule has 0 unspecified atom stereocenters. The van der Waals surface area contributed by atoms with Gasteiger partial charge in [-0.05, 0) is 38.5 Å². The normalized spacial score (nSPS) is 10.3. The van der Waals surface area contributed by atoms with Crippen molar-refractivity contribution in [1.29, 1.82) is 0 Å². The van der Waals surface area contributed by atoms with Crippen LogP contribution in [0.25, 0.3) is 10.9 Å². The van der Waals surface area contributed by atoms with E-state index < -0.39 is 12.1 Å². The largest absolute Gasteiger partial charge is 0.462 e. The number of esters is 1. The van der Waals surface area contributed by atoms with Gasteiger partial charge >= 0.3 is 12.1 Å². The molecule has 0 aliphatic rings. The predicted octanol–water partition coefficient (Wildman–Crippen LogP) is 3.09. The molecule has 0 fully saturated rings. The molecule has 1 N–H and O–H groups in total. The number of aromatic nitrogens is 1. The van der Waals surface area contributed by atoms with Crippen molar-refractivity contribution in [3.05, 3.63) is 45.7 Å². The van der Waals surface area contributed by atoms with E-state index in [0.29, 0.717) is 37.3 Å². The van der Waals surface area contributed by atoms with Gasteiger partial charge < -0.3 is 24.1 Å². The number of amides is 1. The molecule has 1 amide bonds. The maximum Gasteiger partial charge on any atom is 0.407 e. The number of rotatable bonds is 10. The molecule has 0 saturated carbocycles. The summed E-state index contributed by atoms with van der Waals surface area (Å²) in [6, 6.07) is 5.31. The van der Waals surface area contributed by atoms with E-state index >= 15 is 0 Å². The van der Waals surface area contributed by atoms with Gasteiger partial charge in [-0.3, -0.25) is 4.79 Å². The summed E-state index contributed by atoms with van der Waals surface area (Å²) in [5, 5.41) is 3.01. The van der Waals surface area contributed by atoms with E-state index in [1.165, 1.54) is 6.20 Å². The molecule has 8 nitrogen and oxygen atoms in total. The Bertz CT molecular complexity index is 1050. The van der Waals surface area contributed by atoms with Crippen molar-refractivity contribution in [2.75, 3.05) is 33.0 Å². The minimum atomic E-state index is -0.630. The first-order chi connectivity index (χ1) is 15.5. The minimum absolute atomic E-state index is 0.00960. The highest BCUT2D eigenvalue weighted by molar-refractivity contribution is 5.94. The fourth-order valence-electron chi connectivity index (χ4n) is 2.94. The van der Waals surface area contributed by atoms with Crippen molar-refractivity contribution in [2.24, 2.45) is 0 Å². The van der Waals surface area contributed by atoms with E-state index in [2.05, 4.69) is 17.2 Å². The van der Waals surface area contributed by atoms with Crippen LogP contribution in [0.15, 0.2) is 29.2 Å². The molecule has 0 spiro atoms. The molecule has 0 bridgehead atoms. The van der Waals surface area contributed by atoms with E-state index in [4.69, 9.17) is 14.2 Å². The van der Waals surface area contributed by atoms with Crippen LogP contribution in [0.4, 0.5) is 4.79 Å². The molecule has 1 heterocycles. The standard InChI is InChI=1S/C24H30N2O6/c1-4-7-14-32-24(29)25-12-15-30-13-8-9-18-10-11-21-19(16-18)22(27)20(17-26(21)5-2)23(28)31-6-3/h10-11,16-17H,4-7,12-15H2,1-3H3,(H,25,29). The van der Waals surface area contributed by atoms with Crippen LogP contribution in [-0.2, 0) is 20.8 Å². The zero-order chi connectivity index (χ0) is 23.3. The lowest BCUT2D eigenvalue weighted by atomic mass is 10.1. The Morgan fingerprint density at radius 2 is 1.94 bits per heavy atom. The van der Waals surface area contributed by atoms with E-state index in [1.54, 1.807) is 13.0 Å². The van der Waals surface area contributed by atoms with Crippen LogP contribution in [0.1, 0.15) is 49.5 Å². The zero-order valence-electron chi connectivity index (χ0n) is 18.9. The van der Waals surface area contributed by atoms with Crippen molar-refractivity contribution in [3.63, 3.8) is 0 Å². The van der Waals surface area contributed by atoms with Crippen molar-refractivity contribution >= 4 is 23.0 Å². The average Bonchev–Trinajstić information content (AvgIpc) is 2.79. The number of fused-ring (bicyclic) bond motifs is 1. The van der Waals surface area contributed by atoms with Crippen LogP contribution in [0.2, 0.25) is 0 Å². The lowest BCUT2D eigenvalue weighted by Crippen LogP contribution is -2.28. The van der Waals surface area contributed by atoms with Crippen LogP contribution < -0.4 is 10.7 Å². The number of nitrogens with one attached hydrogen (secondary N) is 1. The highest BCUT2D eigenvalue weighted by Crippen LogP contribution is 2.15. The van der Waals surface area contributed by atoms with Gasteiger partial charge in [-0.25, -0.2) is 9.59 Å². The third-order valence-electron chi connectivity index (χ3n) is 4.57. The first-order valence-electron chi connectivity index (χ1n) is 10.8. The Hall–Kier alpha value is -3.31. The number of ether oxygens (including phenoxy) is 3. The number of unbranched alkanes of at least 4 members (excludes halogenated alkanes) is 1. The van der Waals surface area contributed by atoms with Gasteiger partial charge in [0, 0.05) is 30.2 Å². The van der Waals surface area contributed by atoms with Crippen LogP contribution >= 0.6 is 0 Å². The number of nitrogens with zero attached hydrogens (tertiary/aromatic N) is 1. The molecule has 0 aliphatic heterocycles. The van der Waals surface area contributed by atoms with Crippen LogP contribution in [0.5, 0.6) is 0 Å². The third-order valence-corrected chi connectivity index (χ3v) is 4.57. The maximum absolute atomic E-state index is 12.8. The summed E-state index contributed by atoms with van der Waals surface area (Å²) in [6.07, 6.45) is 2.89. The number of benzene rings is 1. The van der Waals surface area contributed by atoms with E-state index in [0.717, 1.165) is 18.4 Å². The highest BCUT2D eigenvalue weighted by atomic mass is 16.5. The number of hydrogen-bond acceptors (Lipinski definition) is 6. The second kappa shape index (κ2) is 13.2. The van der Waals surface area contributed by atoms with Crippen LogP contribution in [0, 0.1) is 11.8 Å². The molecule has 32 heavy (non-hydrogen) atoms. The fourth-order valence-corrected chi connectivity index (χ4v) is 2.94. The van der Waals surface area contributed by atoms with Gasteiger partial charge in [0.2, 0.25) is 5.43 Å². The summed E-state index contributed by atoms with van der Waals surface area (Å²) >= 11 is 0. The summed E-state index contributed by atoms with van der Waals surface area (Å²) in [4.78, 5) is 36.4. The van der Waals surface area contributed by atoms with Crippen LogP contribution in [0.3, 0.4) is 0 Å². The molecule has 1 aromatic carbocycles. The van der Waals surface area contributed by atoms with Gasteiger partial charge in [0.05, 0.1) is 25.3 Å². The Balaban J connectivity index is 1.99. The van der Waals surface area contributed by atoms with Crippen molar-refractivity contribution in [2.45, 2.75) is 40.2 Å². The molecule has 0 radical (unpaired) electrons. The first-order valence-corrected chi connectivity index (χ1v) is 10.8. The number of hydrogen-bond donors (Lipinski definition) is 1. The second-order valence-electron chi connectivity index (χ2n) is 6.88. The lowest BCUT2D eigenvalue weighted by molar-refractivity contribution is 0.0524. The molecule has 172 valence electrons. The zero-order valence-corrected chi connectivity index (χ0v) is 18.9. The number of carbonyl (C=O) groups excluding carboxylic acids is 2. The van der Waals surface area contributed by atoms with Crippen molar-refractivity contribution in [3.8, 4) is 11.8 Å². The molecule has 2 rings (SSSR count). The van der Waals surface area contributed by atoms with Gasteiger partial charge in [-0.2, -0.15) is 0 Å². The summed E-state index contributed by atoms with van der Waals surface area (Å²) in [5.74, 6) is 5.21. The van der Waals surface area contributed by atoms with Gasteiger partial charge in [-0.15, -0.1) is 0 Å². The van der Waals surface area contributed by atoms with E-state index in [-0.39, 0.29) is 24.2 Å². The topological polar surface area (TPSA) is 95.9 Å². The average molecular weight is 443 g/mol. The maximum atomic E-state index is 12.8. The summed E-state index contributed by atoms with van der Waals surface area (Å²) in [6.45, 7) is 7.67. The molecule has 1 aromatic heterocycles. The number of alkyl carbamates (subject to hydrolysis) is 1. The van der Waals surface area contributed by atoms with E-state index in [9.17, 15) is 14.4 Å². The minimum Gasteiger partial charge on any atom is -0.462 e.